The number of nitrogens with zero attached hydrogens (tertiary/aromatic N) is 2. The van der Waals surface area contributed by atoms with Crippen LogP contribution in [0.5, 0.6) is 0 Å². The lowest BCUT2D eigenvalue weighted by atomic mass is 9.93. The number of aromatic nitrogens is 1. The second-order valence-corrected chi connectivity index (χ2v) is 5.15. The molecule has 1 fully saturated rings. The van der Waals surface area contributed by atoms with E-state index in [2.05, 4.69) is 4.98 Å². The van der Waals surface area contributed by atoms with E-state index < -0.39 is 0 Å². The summed E-state index contributed by atoms with van der Waals surface area (Å²) in [7, 11) is 0. The second kappa shape index (κ2) is 6.47. The zero-order chi connectivity index (χ0) is 14.5. The highest BCUT2D eigenvalue weighted by Gasteiger charge is 2.24. The van der Waals surface area contributed by atoms with Gasteiger partial charge >= 0.3 is 0 Å². The van der Waals surface area contributed by atoms with Gasteiger partial charge in [0.2, 0.25) is 5.91 Å². The summed E-state index contributed by atoms with van der Waals surface area (Å²) in [5.74, 6) is 0.0321. The van der Waals surface area contributed by atoms with E-state index in [-0.39, 0.29) is 11.8 Å². The molecular formula is C14H20N4O2. The lowest BCUT2D eigenvalue weighted by Crippen LogP contribution is -2.39. The summed E-state index contributed by atoms with van der Waals surface area (Å²) in [6.45, 7) is 1.65. The monoisotopic (exact) mass is 276 g/mol. The topological polar surface area (TPSA) is 102 Å². The minimum absolute atomic E-state index is 0.000347. The Bertz CT molecular complexity index is 496. The fourth-order valence-electron chi connectivity index (χ4n) is 2.53. The maximum Gasteiger partial charge on any atom is 0.253 e. The van der Waals surface area contributed by atoms with Gasteiger partial charge in [0.1, 0.15) is 0 Å². The van der Waals surface area contributed by atoms with Crippen LogP contribution in [0.3, 0.4) is 0 Å². The Hall–Kier alpha value is -1.95. The second-order valence-electron chi connectivity index (χ2n) is 5.15. The van der Waals surface area contributed by atoms with Crippen molar-refractivity contribution in [1.82, 2.24) is 9.88 Å². The molecule has 2 rings (SSSR count). The molecule has 1 saturated heterocycles. The Morgan fingerprint density at radius 3 is 2.65 bits per heavy atom. The standard InChI is InChI=1S/C14H20N4O2/c15-9-12-8-11(1-4-17-12)14(20)18-5-2-10(3-6-18)7-13(16)19/h1,4,8,10H,2-3,5-7,9,15H2,(H2,16,19). The zero-order valence-corrected chi connectivity index (χ0v) is 11.4. The molecule has 1 aromatic heterocycles. The summed E-state index contributed by atoms with van der Waals surface area (Å²) in [5, 5.41) is 0. The molecule has 1 aliphatic rings. The lowest BCUT2D eigenvalue weighted by molar-refractivity contribution is -0.119. The molecule has 0 aromatic carbocycles. The molecule has 0 aliphatic carbocycles. The van der Waals surface area contributed by atoms with Gasteiger partial charge in [-0.1, -0.05) is 0 Å². The van der Waals surface area contributed by atoms with Gasteiger partial charge < -0.3 is 16.4 Å². The Labute approximate surface area is 118 Å². The van der Waals surface area contributed by atoms with Crippen LogP contribution >= 0.6 is 0 Å². The molecule has 4 N–H and O–H groups in total. The van der Waals surface area contributed by atoms with E-state index in [0.29, 0.717) is 43.2 Å². The normalized spacial score (nSPS) is 16.1. The number of primary amides is 1. The van der Waals surface area contributed by atoms with Crippen LogP contribution in [0.15, 0.2) is 18.3 Å². The van der Waals surface area contributed by atoms with Crippen molar-refractivity contribution in [3.05, 3.63) is 29.6 Å². The molecule has 20 heavy (non-hydrogen) atoms. The SMILES string of the molecule is NCc1cc(C(=O)N2CCC(CC(N)=O)CC2)ccn1. The van der Waals surface area contributed by atoms with Crippen molar-refractivity contribution in [3.63, 3.8) is 0 Å². The number of amides is 2. The smallest absolute Gasteiger partial charge is 0.253 e. The van der Waals surface area contributed by atoms with E-state index in [9.17, 15) is 9.59 Å². The third kappa shape index (κ3) is 3.54. The molecular weight excluding hydrogens is 256 g/mol. The van der Waals surface area contributed by atoms with Gasteiger partial charge in [0.15, 0.2) is 0 Å². The number of carbonyl (C=O) groups excluding carboxylic acids is 2. The van der Waals surface area contributed by atoms with Gasteiger partial charge in [0, 0.05) is 37.8 Å². The van der Waals surface area contributed by atoms with Crippen LogP contribution in [0.25, 0.3) is 0 Å². The lowest BCUT2D eigenvalue weighted by Gasteiger charge is -2.31. The fraction of sp³-hybridized carbons (Fsp3) is 0.500. The first-order valence-electron chi connectivity index (χ1n) is 6.82. The first-order chi connectivity index (χ1) is 9.60. The first kappa shape index (κ1) is 14.5. The summed E-state index contributed by atoms with van der Waals surface area (Å²) in [4.78, 5) is 29.2. The molecule has 0 saturated carbocycles. The average Bonchev–Trinajstić information content (AvgIpc) is 2.47. The predicted octanol–water partition coefficient (Wildman–Crippen LogP) is 0.268. The number of hydrogen-bond donors (Lipinski definition) is 2. The average molecular weight is 276 g/mol. The largest absolute Gasteiger partial charge is 0.370 e. The maximum atomic E-state index is 12.4. The number of nitrogens with two attached hydrogens (primary N) is 2. The van der Waals surface area contributed by atoms with Crippen molar-refractivity contribution < 1.29 is 9.59 Å². The summed E-state index contributed by atoms with van der Waals surface area (Å²) in [6, 6.07) is 3.44. The van der Waals surface area contributed by atoms with Gasteiger partial charge in [0.25, 0.3) is 5.91 Å². The van der Waals surface area contributed by atoms with Crippen LogP contribution in [0.2, 0.25) is 0 Å². The van der Waals surface area contributed by atoms with Crippen LogP contribution in [0, 0.1) is 5.92 Å². The highest BCUT2D eigenvalue weighted by molar-refractivity contribution is 5.94. The third-order valence-electron chi connectivity index (χ3n) is 3.66. The van der Waals surface area contributed by atoms with E-state index >= 15 is 0 Å². The van der Waals surface area contributed by atoms with Crippen molar-refractivity contribution in [1.29, 1.82) is 0 Å². The van der Waals surface area contributed by atoms with Crippen LogP contribution in [-0.4, -0.2) is 34.8 Å². The van der Waals surface area contributed by atoms with Gasteiger partial charge in [-0.25, -0.2) is 0 Å². The van der Waals surface area contributed by atoms with Crippen LogP contribution < -0.4 is 11.5 Å². The van der Waals surface area contributed by atoms with Gasteiger partial charge in [-0.05, 0) is 30.9 Å². The van der Waals surface area contributed by atoms with Gasteiger partial charge in [0.05, 0.1) is 5.69 Å². The number of piperidine rings is 1. The number of hydrogen-bond acceptors (Lipinski definition) is 4. The van der Waals surface area contributed by atoms with E-state index in [1.54, 1.807) is 18.3 Å². The fourth-order valence-corrected chi connectivity index (χ4v) is 2.53. The molecule has 0 spiro atoms. The van der Waals surface area contributed by atoms with E-state index in [0.717, 1.165) is 12.8 Å². The quantitative estimate of drug-likeness (QED) is 0.823. The molecule has 6 nitrogen and oxygen atoms in total. The zero-order valence-electron chi connectivity index (χ0n) is 11.4. The van der Waals surface area contributed by atoms with Crippen molar-refractivity contribution in [2.45, 2.75) is 25.8 Å². The minimum Gasteiger partial charge on any atom is -0.370 e. The number of likely N-dealkylation sites (tertiary alicyclic amines) is 1. The Morgan fingerprint density at radius 2 is 2.05 bits per heavy atom. The van der Waals surface area contributed by atoms with Crippen molar-refractivity contribution in [3.8, 4) is 0 Å². The Balaban J connectivity index is 1.96. The van der Waals surface area contributed by atoms with Crippen LogP contribution in [-0.2, 0) is 11.3 Å². The highest BCUT2D eigenvalue weighted by Crippen LogP contribution is 2.21. The number of rotatable bonds is 4. The Morgan fingerprint density at radius 1 is 1.35 bits per heavy atom. The first-order valence-corrected chi connectivity index (χ1v) is 6.82. The molecule has 1 aliphatic heterocycles. The molecule has 0 bridgehead atoms. The molecule has 0 unspecified atom stereocenters. The van der Waals surface area contributed by atoms with Gasteiger partial charge in [-0.3, -0.25) is 14.6 Å². The number of carbonyl (C=O) groups is 2. The minimum atomic E-state index is -0.267. The summed E-state index contributed by atoms with van der Waals surface area (Å²) in [5.41, 5.74) is 12.1. The highest BCUT2D eigenvalue weighted by atomic mass is 16.2. The summed E-state index contributed by atoms with van der Waals surface area (Å²) in [6.07, 6.45) is 3.66. The molecule has 0 atom stereocenters. The van der Waals surface area contributed by atoms with Crippen molar-refractivity contribution in [2.75, 3.05) is 13.1 Å². The van der Waals surface area contributed by atoms with E-state index in [4.69, 9.17) is 11.5 Å². The van der Waals surface area contributed by atoms with E-state index in [1.165, 1.54) is 0 Å². The van der Waals surface area contributed by atoms with Crippen molar-refractivity contribution in [2.24, 2.45) is 17.4 Å². The maximum absolute atomic E-state index is 12.4. The number of pyridine rings is 1. The molecule has 1 aromatic rings. The van der Waals surface area contributed by atoms with E-state index in [1.807, 2.05) is 4.90 Å². The molecule has 108 valence electrons. The molecule has 0 radical (unpaired) electrons. The van der Waals surface area contributed by atoms with Crippen molar-refractivity contribution >= 4 is 11.8 Å². The Kier molecular flexibility index (Phi) is 4.68. The van der Waals surface area contributed by atoms with Crippen LogP contribution in [0.4, 0.5) is 0 Å². The molecule has 2 amide bonds. The molecule has 6 heteroatoms. The third-order valence-corrected chi connectivity index (χ3v) is 3.66. The van der Waals surface area contributed by atoms with Gasteiger partial charge in [-0.15, -0.1) is 0 Å². The summed E-state index contributed by atoms with van der Waals surface area (Å²) < 4.78 is 0. The van der Waals surface area contributed by atoms with Crippen LogP contribution in [0.1, 0.15) is 35.3 Å². The molecule has 2 heterocycles. The van der Waals surface area contributed by atoms with Gasteiger partial charge in [-0.2, -0.15) is 0 Å². The summed E-state index contributed by atoms with van der Waals surface area (Å²) >= 11 is 0. The predicted molar refractivity (Wildman–Crippen MR) is 74.6 cm³/mol.